The van der Waals surface area contributed by atoms with Gasteiger partial charge in [-0.1, -0.05) is 84.9 Å². The minimum atomic E-state index is -0.726. The predicted octanol–water partition coefficient (Wildman–Crippen LogP) is 5.73. The van der Waals surface area contributed by atoms with Crippen molar-refractivity contribution in [3.8, 4) is 0 Å². The largest absolute Gasteiger partial charge is 0.444 e. The van der Waals surface area contributed by atoms with Crippen molar-refractivity contribution >= 4 is 29.9 Å². The van der Waals surface area contributed by atoms with Crippen LogP contribution in [-0.2, 0) is 22.5 Å². The van der Waals surface area contributed by atoms with Gasteiger partial charge in [-0.3, -0.25) is 9.69 Å². The SMILES string of the molecule is CC(=O)OC1(C)Cc2ccccc2C(c2ccccc2)N1Cc1ccccc1.I. The van der Waals surface area contributed by atoms with Crippen LogP contribution in [0, 0.1) is 0 Å². The van der Waals surface area contributed by atoms with Gasteiger partial charge in [0.25, 0.3) is 0 Å². The summed E-state index contributed by atoms with van der Waals surface area (Å²) in [6.45, 7) is 4.21. The van der Waals surface area contributed by atoms with E-state index >= 15 is 0 Å². The number of ether oxygens (including phenoxy) is 1. The summed E-state index contributed by atoms with van der Waals surface area (Å²) in [6.07, 6.45) is 0.666. The number of carbonyl (C=O) groups is 1. The van der Waals surface area contributed by atoms with Crippen molar-refractivity contribution in [2.24, 2.45) is 0 Å². The molecule has 4 heteroatoms. The van der Waals surface area contributed by atoms with E-state index in [0.29, 0.717) is 13.0 Å². The van der Waals surface area contributed by atoms with Gasteiger partial charge in [-0.05, 0) is 29.2 Å². The Balaban J connectivity index is 0.00000240. The lowest BCUT2D eigenvalue weighted by atomic mass is 9.83. The highest BCUT2D eigenvalue weighted by molar-refractivity contribution is 14.0. The Labute approximate surface area is 189 Å². The van der Waals surface area contributed by atoms with Crippen LogP contribution in [0.1, 0.15) is 42.1 Å². The first-order valence-corrected chi connectivity index (χ1v) is 9.70. The lowest BCUT2D eigenvalue weighted by Crippen LogP contribution is -2.55. The van der Waals surface area contributed by atoms with Gasteiger partial charge in [-0.25, -0.2) is 0 Å². The van der Waals surface area contributed by atoms with Gasteiger partial charge >= 0.3 is 5.97 Å². The van der Waals surface area contributed by atoms with Gasteiger partial charge in [0.1, 0.15) is 0 Å². The Morgan fingerprint density at radius 3 is 2.21 bits per heavy atom. The van der Waals surface area contributed by atoms with Crippen LogP contribution in [0.25, 0.3) is 0 Å². The van der Waals surface area contributed by atoms with E-state index in [9.17, 15) is 4.79 Å². The number of benzene rings is 3. The first-order chi connectivity index (χ1) is 13.6. The van der Waals surface area contributed by atoms with Crippen molar-refractivity contribution in [3.05, 3.63) is 107 Å². The van der Waals surface area contributed by atoms with Gasteiger partial charge in [0.15, 0.2) is 5.72 Å². The molecule has 1 aliphatic rings. The molecule has 0 spiro atoms. The smallest absolute Gasteiger partial charge is 0.304 e. The second kappa shape index (κ2) is 9.09. The van der Waals surface area contributed by atoms with Crippen LogP contribution in [0.4, 0.5) is 0 Å². The van der Waals surface area contributed by atoms with Crippen LogP contribution in [0.2, 0.25) is 0 Å². The van der Waals surface area contributed by atoms with Gasteiger partial charge in [-0.15, -0.1) is 24.0 Å². The Morgan fingerprint density at radius 2 is 1.55 bits per heavy atom. The van der Waals surface area contributed by atoms with Gasteiger partial charge in [-0.2, -0.15) is 0 Å². The number of hydrogen-bond acceptors (Lipinski definition) is 3. The van der Waals surface area contributed by atoms with Crippen LogP contribution in [0.3, 0.4) is 0 Å². The van der Waals surface area contributed by atoms with Crippen LogP contribution in [-0.4, -0.2) is 16.6 Å². The van der Waals surface area contributed by atoms with E-state index in [2.05, 4.69) is 65.6 Å². The van der Waals surface area contributed by atoms with Crippen molar-refractivity contribution in [1.82, 2.24) is 4.90 Å². The van der Waals surface area contributed by atoms with Gasteiger partial charge in [0.05, 0.1) is 6.04 Å². The van der Waals surface area contributed by atoms with Gasteiger partial charge < -0.3 is 4.74 Å². The molecule has 0 fully saturated rings. The first kappa shape index (κ1) is 21.5. The summed E-state index contributed by atoms with van der Waals surface area (Å²) in [5.74, 6) is -0.258. The van der Waals surface area contributed by atoms with Crippen LogP contribution >= 0.6 is 24.0 Å². The molecular formula is C25H26INO2. The lowest BCUT2D eigenvalue weighted by molar-refractivity contribution is -0.187. The number of nitrogens with zero attached hydrogens (tertiary/aromatic N) is 1. The zero-order chi connectivity index (χ0) is 19.6. The Bertz CT molecular complexity index is 961. The minimum Gasteiger partial charge on any atom is -0.444 e. The number of hydrogen-bond donors (Lipinski definition) is 0. The molecule has 0 amide bonds. The molecule has 3 aromatic carbocycles. The molecule has 0 N–H and O–H groups in total. The lowest BCUT2D eigenvalue weighted by Gasteiger charge is -2.49. The average molecular weight is 499 g/mol. The summed E-state index contributed by atoms with van der Waals surface area (Å²) >= 11 is 0. The summed E-state index contributed by atoms with van der Waals surface area (Å²) in [6, 6.07) is 29.3. The Hall–Kier alpha value is -2.18. The third-order valence-electron chi connectivity index (χ3n) is 5.46. The highest BCUT2D eigenvalue weighted by atomic mass is 127. The number of halogens is 1. The summed E-state index contributed by atoms with van der Waals surface area (Å²) in [4.78, 5) is 14.3. The van der Waals surface area contributed by atoms with E-state index in [4.69, 9.17) is 4.74 Å². The molecule has 0 aliphatic carbocycles. The molecule has 0 radical (unpaired) electrons. The molecule has 0 saturated heterocycles. The third-order valence-corrected chi connectivity index (χ3v) is 5.46. The van der Waals surface area contributed by atoms with E-state index < -0.39 is 5.72 Å². The van der Waals surface area contributed by atoms with Crippen molar-refractivity contribution in [2.75, 3.05) is 0 Å². The maximum Gasteiger partial charge on any atom is 0.304 e. The van der Waals surface area contributed by atoms with Crippen LogP contribution in [0.5, 0.6) is 0 Å². The fraction of sp³-hybridized carbons (Fsp3) is 0.240. The first-order valence-electron chi connectivity index (χ1n) is 9.70. The fourth-order valence-electron chi connectivity index (χ4n) is 4.30. The van der Waals surface area contributed by atoms with Gasteiger partial charge in [0.2, 0.25) is 0 Å². The molecule has 0 aromatic heterocycles. The second-order valence-corrected chi connectivity index (χ2v) is 7.57. The maximum atomic E-state index is 12.0. The second-order valence-electron chi connectivity index (χ2n) is 7.57. The summed E-state index contributed by atoms with van der Waals surface area (Å²) in [7, 11) is 0. The number of rotatable bonds is 4. The van der Waals surface area contributed by atoms with Crippen molar-refractivity contribution in [3.63, 3.8) is 0 Å². The topological polar surface area (TPSA) is 29.5 Å². The molecule has 1 aliphatic heterocycles. The Kier molecular flexibility index (Phi) is 6.75. The van der Waals surface area contributed by atoms with E-state index in [-0.39, 0.29) is 36.0 Å². The number of carbonyl (C=O) groups excluding carboxylic acids is 1. The molecule has 4 rings (SSSR count). The van der Waals surface area contributed by atoms with Crippen molar-refractivity contribution in [2.45, 2.75) is 38.6 Å². The predicted molar refractivity (Wildman–Crippen MR) is 126 cm³/mol. The highest BCUT2D eigenvalue weighted by Crippen LogP contribution is 2.43. The van der Waals surface area contributed by atoms with Crippen LogP contribution in [0.15, 0.2) is 84.9 Å². The summed E-state index contributed by atoms with van der Waals surface area (Å²) in [5.41, 5.74) is 4.17. The van der Waals surface area contributed by atoms with E-state index in [1.54, 1.807) is 0 Å². The number of fused-ring (bicyclic) bond motifs is 1. The molecule has 0 saturated carbocycles. The van der Waals surface area contributed by atoms with E-state index in [1.165, 1.54) is 29.2 Å². The zero-order valence-corrected chi connectivity index (χ0v) is 19.1. The molecule has 150 valence electrons. The average Bonchev–Trinajstić information content (AvgIpc) is 2.69. The van der Waals surface area contributed by atoms with Crippen molar-refractivity contribution in [1.29, 1.82) is 0 Å². The molecule has 0 bridgehead atoms. The van der Waals surface area contributed by atoms with E-state index in [1.807, 2.05) is 31.2 Å². The molecule has 2 atom stereocenters. The zero-order valence-electron chi connectivity index (χ0n) is 16.7. The quantitative estimate of drug-likeness (QED) is 0.339. The van der Waals surface area contributed by atoms with Crippen molar-refractivity contribution < 1.29 is 9.53 Å². The maximum absolute atomic E-state index is 12.0. The molecular weight excluding hydrogens is 473 g/mol. The number of esters is 1. The molecule has 3 aromatic rings. The molecule has 29 heavy (non-hydrogen) atoms. The highest BCUT2D eigenvalue weighted by Gasteiger charge is 2.45. The summed E-state index contributed by atoms with van der Waals surface area (Å²) < 4.78 is 5.96. The van der Waals surface area contributed by atoms with Crippen LogP contribution < -0.4 is 0 Å². The molecule has 3 nitrogen and oxygen atoms in total. The fourth-order valence-corrected chi connectivity index (χ4v) is 4.30. The minimum absolute atomic E-state index is 0. The third kappa shape index (κ3) is 4.54. The normalized spacial score (nSPS) is 21.0. The summed E-state index contributed by atoms with van der Waals surface area (Å²) in [5, 5.41) is 0. The molecule has 2 unspecified atom stereocenters. The van der Waals surface area contributed by atoms with E-state index in [0.717, 1.165) is 0 Å². The molecule has 1 heterocycles. The standard InChI is InChI=1S/C25H25NO2.HI/c1-19(27)28-25(2)17-22-15-9-10-16-23(22)24(21-13-7-4-8-14-21)26(25)18-20-11-5-3-6-12-20;/h3-16,24H,17-18H2,1-2H3;1H. The van der Waals surface area contributed by atoms with Gasteiger partial charge in [0, 0.05) is 19.9 Å². The Morgan fingerprint density at radius 1 is 0.966 bits per heavy atom. The monoisotopic (exact) mass is 499 g/mol.